The molecule has 1 heterocycles. The Hall–Kier alpha value is -0.120. The fraction of sp³-hybridized carbons (Fsp3) is 1.00. The highest BCUT2D eigenvalue weighted by molar-refractivity contribution is 5.01. The molecule has 1 spiro atoms. The third-order valence-electron chi connectivity index (χ3n) is 4.83. The third kappa shape index (κ3) is 3.06. The van der Waals surface area contributed by atoms with E-state index < -0.39 is 0 Å². The van der Waals surface area contributed by atoms with Gasteiger partial charge in [-0.05, 0) is 26.2 Å². The van der Waals surface area contributed by atoms with Crippen LogP contribution in [0.25, 0.3) is 0 Å². The van der Waals surface area contributed by atoms with Gasteiger partial charge in [-0.25, -0.2) is 0 Å². The average Bonchev–Trinajstić information content (AvgIpc) is 2.81. The van der Waals surface area contributed by atoms with Crippen molar-refractivity contribution >= 4 is 0 Å². The molecule has 3 nitrogen and oxygen atoms in total. The molecule has 1 aliphatic carbocycles. The predicted molar refractivity (Wildman–Crippen MR) is 75.9 cm³/mol. The highest BCUT2D eigenvalue weighted by Gasteiger charge is 2.41. The molecule has 2 fully saturated rings. The highest BCUT2D eigenvalue weighted by Crippen LogP contribution is 2.34. The molecule has 18 heavy (non-hydrogen) atoms. The van der Waals surface area contributed by atoms with E-state index in [0.717, 1.165) is 13.2 Å². The Morgan fingerprint density at radius 2 is 2.11 bits per heavy atom. The molecule has 0 aromatic rings. The molecule has 1 N–H and O–H groups in total. The van der Waals surface area contributed by atoms with Gasteiger partial charge < -0.3 is 10.1 Å². The summed E-state index contributed by atoms with van der Waals surface area (Å²) in [5.74, 6) is 0. The van der Waals surface area contributed by atoms with Crippen LogP contribution in [0.3, 0.4) is 0 Å². The standard InChI is InChI=1S/C15H30N2O/c1-4-7-14(11-18-3)17-12-15(8-5-6-9-15)16-10-13(17)2/h13-14,16H,4-12H2,1-3H3. The maximum absolute atomic E-state index is 5.45. The first kappa shape index (κ1) is 14.3. The zero-order chi connectivity index (χ0) is 13.0. The SMILES string of the molecule is CCCC(COC)N1CC2(CCCC2)NCC1C. The molecule has 1 saturated carbocycles. The Morgan fingerprint density at radius 1 is 1.39 bits per heavy atom. The molecule has 0 amide bonds. The van der Waals surface area contributed by atoms with Crippen LogP contribution in [0.1, 0.15) is 52.4 Å². The predicted octanol–water partition coefficient (Wildman–Crippen LogP) is 2.41. The summed E-state index contributed by atoms with van der Waals surface area (Å²) in [5, 5.41) is 3.83. The smallest absolute Gasteiger partial charge is 0.0618 e. The van der Waals surface area contributed by atoms with Gasteiger partial charge in [0.05, 0.1) is 6.61 Å². The second-order valence-electron chi connectivity index (χ2n) is 6.29. The quantitative estimate of drug-likeness (QED) is 0.815. The van der Waals surface area contributed by atoms with E-state index in [-0.39, 0.29) is 0 Å². The fourth-order valence-corrected chi connectivity index (χ4v) is 3.79. The summed E-state index contributed by atoms with van der Waals surface area (Å²) >= 11 is 0. The van der Waals surface area contributed by atoms with E-state index in [1.54, 1.807) is 0 Å². The zero-order valence-electron chi connectivity index (χ0n) is 12.4. The number of rotatable bonds is 5. The number of ether oxygens (including phenoxy) is 1. The lowest BCUT2D eigenvalue weighted by Crippen LogP contribution is -2.65. The maximum Gasteiger partial charge on any atom is 0.0618 e. The van der Waals surface area contributed by atoms with Gasteiger partial charge in [0.15, 0.2) is 0 Å². The molecule has 0 bridgehead atoms. The largest absolute Gasteiger partial charge is 0.383 e. The number of nitrogens with one attached hydrogen (secondary N) is 1. The van der Waals surface area contributed by atoms with Crippen LogP contribution in [-0.2, 0) is 4.74 Å². The number of nitrogens with zero attached hydrogens (tertiary/aromatic N) is 1. The van der Waals surface area contributed by atoms with Crippen LogP contribution in [-0.4, -0.2) is 49.3 Å². The summed E-state index contributed by atoms with van der Waals surface area (Å²) in [6, 6.07) is 1.25. The van der Waals surface area contributed by atoms with Gasteiger partial charge in [0.25, 0.3) is 0 Å². The monoisotopic (exact) mass is 254 g/mol. The highest BCUT2D eigenvalue weighted by atomic mass is 16.5. The van der Waals surface area contributed by atoms with Crippen molar-refractivity contribution in [3.63, 3.8) is 0 Å². The van der Waals surface area contributed by atoms with Crippen LogP contribution >= 0.6 is 0 Å². The molecule has 0 aromatic heterocycles. The topological polar surface area (TPSA) is 24.5 Å². The van der Waals surface area contributed by atoms with E-state index in [0.29, 0.717) is 17.6 Å². The van der Waals surface area contributed by atoms with Crippen molar-refractivity contribution in [3.8, 4) is 0 Å². The van der Waals surface area contributed by atoms with Crippen molar-refractivity contribution in [3.05, 3.63) is 0 Å². The van der Waals surface area contributed by atoms with Gasteiger partial charge >= 0.3 is 0 Å². The van der Waals surface area contributed by atoms with Crippen LogP contribution < -0.4 is 5.32 Å². The summed E-state index contributed by atoms with van der Waals surface area (Å²) in [7, 11) is 1.83. The van der Waals surface area contributed by atoms with E-state index >= 15 is 0 Å². The molecule has 3 heteroatoms. The van der Waals surface area contributed by atoms with Crippen molar-refractivity contribution in [2.75, 3.05) is 26.8 Å². The Bertz CT molecular complexity index is 245. The summed E-state index contributed by atoms with van der Waals surface area (Å²) in [6.07, 6.45) is 8.03. The minimum absolute atomic E-state index is 0.423. The summed E-state index contributed by atoms with van der Waals surface area (Å²) in [6.45, 7) is 7.88. The van der Waals surface area contributed by atoms with E-state index in [2.05, 4.69) is 24.1 Å². The van der Waals surface area contributed by atoms with Crippen molar-refractivity contribution in [2.24, 2.45) is 0 Å². The Labute approximate surface area is 112 Å². The normalized spacial score (nSPS) is 29.8. The fourth-order valence-electron chi connectivity index (χ4n) is 3.79. The Morgan fingerprint density at radius 3 is 2.72 bits per heavy atom. The van der Waals surface area contributed by atoms with Gasteiger partial charge in [-0.2, -0.15) is 0 Å². The molecule has 1 saturated heterocycles. The third-order valence-corrected chi connectivity index (χ3v) is 4.83. The first-order valence-electron chi connectivity index (χ1n) is 7.70. The van der Waals surface area contributed by atoms with E-state index in [1.807, 2.05) is 7.11 Å². The first-order chi connectivity index (χ1) is 8.71. The van der Waals surface area contributed by atoms with Gasteiger partial charge in [0.2, 0.25) is 0 Å². The van der Waals surface area contributed by atoms with Crippen LogP contribution in [0.5, 0.6) is 0 Å². The zero-order valence-corrected chi connectivity index (χ0v) is 12.4. The van der Waals surface area contributed by atoms with Crippen molar-refractivity contribution < 1.29 is 4.74 Å². The number of methoxy groups -OCH3 is 1. The van der Waals surface area contributed by atoms with Crippen molar-refractivity contribution in [1.29, 1.82) is 0 Å². The second kappa shape index (κ2) is 6.36. The summed E-state index contributed by atoms with van der Waals surface area (Å²) in [5.41, 5.74) is 0.423. The molecular formula is C15H30N2O. The van der Waals surface area contributed by atoms with Gasteiger partial charge in [-0.15, -0.1) is 0 Å². The lowest BCUT2D eigenvalue weighted by molar-refractivity contribution is 0.0111. The molecule has 0 radical (unpaired) electrons. The first-order valence-corrected chi connectivity index (χ1v) is 7.70. The average molecular weight is 254 g/mol. The van der Waals surface area contributed by atoms with Crippen LogP contribution in [0, 0.1) is 0 Å². The number of hydrogen-bond acceptors (Lipinski definition) is 3. The molecule has 2 rings (SSSR count). The molecule has 2 atom stereocenters. The van der Waals surface area contributed by atoms with Crippen LogP contribution in [0.4, 0.5) is 0 Å². The molecular weight excluding hydrogens is 224 g/mol. The summed E-state index contributed by atoms with van der Waals surface area (Å²) < 4.78 is 5.45. The molecule has 0 aromatic carbocycles. The van der Waals surface area contributed by atoms with Crippen LogP contribution in [0.15, 0.2) is 0 Å². The Balaban J connectivity index is 2.02. The number of piperazine rings is 1. The maximum atomic E-state index is 5.45. The minimum atomic E-state index is 0.423. The summed E-state index contributed by atoms with van der Waals surface area (Å²) in [4.78, 5) is 2.72. The number of hydrogen-bond donors (Lipinski definition) is 1. The van der Waals surface area contributed by atoms with E-state index in [4.69, 9.17) is 4.74 Å². The van der Waals surface area contributed by atoms with E-state index in [1.165, 1.54) is 45.1 Å². The van der Waals surface area contributed by atoms with Gasteiger partial charge in [0, 0.05) is 37.8 Å². The van der Waals surface area contributed by atoms with Crippen molar-refractivity contribution in [2.45, 2.75) is 70.0 Å². The van der Waals surface area contributed by atoms with Gasteiger partial charge in [0.1, 0.15) is 0 Å². The molecule has 2 aliphatic rings. The van der Waals surface area contributed by atoms with E-state index in [9.17, 15) is 0 Å². The minimum Gasteiger partial charge on any atom is -0.383 e. The lowest BCUT2D eigenvalue weighted by atomic mass is 9.91. The second-order valence-corrected chi connectivity index (χ2v) is 6.29. The molecule has 1 aliphatic heterocycles. The molecule has 2 unspecified atom stereocenters. The Kier molecular flexibility index (Phi) is 5.05. The lowest BCUT2D eigenvalue weighted by Gasteiger charge is -2.48. The van der Waals surface area contributed by atoms with Gasteiger partial charge in [-0.3, -0.25) is 4.90 Å². The van der Waals surface area contributed by atoms with Crippen LogP contribution in [0.2, 0.25) is 0 Å². The van der Waals surface area contributed by atoms with Crippen molar-refractivity contribution in [1.82, 2.24) is 10.2 Å². The molecule has 106 valence electrons. The van der Waals surface area contributed by atoms with Gasteiger partial charge in [-0.1, -0.05) is 26.2 Å².